The number of allylic oxidation sites excluding steroid dienone is 2. The van der Waals surface area contributed by atoms with E-state index in [1.54, 1.807) is 0 Å². The van der Waals surface area contributed by atoms with E-state index in [2.05, 4.69) is 24.4 Å². The first-order valence-electron chi connectivity index (χ1n) is 13.4. The number of unbranched alkanes of at least 4 members (excludes halogenated alkanes) is 5. The zero-order chi connectivity index (χ0) is 23.0. The molecule has 1 fully saturated rings. The quantitative estimate of drug-likeness (QED) is 0.213. The number of carbonyl (C=O) groups excluding carboxylic acids is 2. The molecule has 2 N–H and O–H groups in total. The Bertz CT molecular complexity index is 610. The van der Waals surface area contributed by atoms with E-state index in [1.807, 2.05) is 6.08 Å². The molecule has 0 aliphatic heterocycles. The Morgan fingerprint density at radius 3 is 2.78 bits per heavy atom. The molecular formula is C28H47NO3. The maximum atomic E-state index is 12.3. The van der Waals surface area contributed by atoms with Crippen molar-refractivity contribution >= 4 is 11.7 Å². The fourth-order valence-electron chi connectivity index (χ4n) is 5.10. The van der Waals surface area contributed by atoms with Gasteiger partial charge in [0.05, 0.1) is 6.10 Å². The van der Waals surface area contributed by atoms with E-state index in [4.69, 9.17) is 0 Å². The van der Waals surface area contributed by atoms with Gasteiger partial charge in [-0.3, -0.25) is 9.59 Å². The van der Waals surface area contributed by atoms with E-state index in [9.17, 15) is 14.7 Å². The highest BCUT2D eigenvalue weighted by atomic mass is 16.3. The van der Waals surface area contributed by atoms with Crippen LogP contribution in [-0.4, -0.2) is 29.4 Å². The van der Waals surface area contributed by atoms with Crippen LogP contribution in [0.1, 0.15) is 116 Å². The van der Waals surface area contributed by atoms with Crippen LogP contribution in [0.4, 0.5) is 0 Å². The highest BCUT2D eigenvalue weighted by molar-refractivity contribution is 5.83. The first-order valence-corrected chi connectivity index (χ1v) is 13.4. The van der Waals surface area contributed by atoms with Crippen LogP contribution in [0.2, 0.25) is 0 Å². The number of carbonyl (C=O) groups is 2. The second-order valence-corrected chi connectivity index (χ2v) is 9.88. The molecule has 4 heteroatoms. The second-order valence-electron chi connectivity index (χ2n) is 9.88. The third kappa shape index (κ3) is 10.9. The Morgan fingerprint density at radius 2 is 2.00 bits per heavy atom. The molecule has 2 aliphatic rings. The zero-order valence-corrected chi connectivity index (χ0v) is 20.5. The van der Waals surface area contributed by atoms with Gasteiger partial charge in [-0.25, -0.2) is 0 Å². The fourth-order valence-corrected chi connectivity index (χ4v) is 5.10. The summed E-state index contributed by atoms with van der Waals surface area (Å²) in [6.45, 7) is 2.94. The van der Waals surface area contributed by atoms with E-state index in [-0.39, 0.29) is 17.9 Å². The van der Waals surface area contributed by atoms with Gasteiger partial charge in [0.1, 0.15) is 5.78 Å². The summed E-state index contributed by atoms with van der Waals surface area (Å²) < 4.78 is 0. The van der Waals surface area contributed by atoms with E-state index < -0.39 is 0 Å². The maximum absolute atomic E-state index is 12.3. The standard InChI is InChI=1S/C28H47NO3/c1-2-3-7-14-25(30)19-17-24-18-20-27(31)26(24)15-10-4-5-11-16-28(32)29-22-21-23-12-8-6-9-13-23/h12,17,19,24-26,30H,2-11,13-16,18,20-22H2,1H3,(H,29,32)/b19-17+/t24-,25+,26+/m0/s1. The average molecular weight is 446 g/mol. The molecule has 2 rings (SSSR count). The molecule has 3 atom stereocenters. The predicted molar refractivity (Wildman–Crippen MR) is 132 cm³/mol. The van der Waals surface area contributed by atoms with Crippen molar-refractivity contribution < 1.29 is 14.7 Å². The molecule has 182 valence electrons. The van der Waals surface area contributed by atoms with Crippen molar-refractivity contribution in [3.05, 3.63) is 23.8 Å². The van der Waals surface area contributed by atoms with Gasteiger partial charge in [0, 0.05) is 25.3 Å². The van der Waals surface area contributed by atoms with Crippen LogP contribution in [0.25, 0.3) is 0 Å². The molecule has 0 radical (unpaired) electrons. The van der Waals surface area contributed by atoms with Gasteiger partial charge in [-0.15, -0.1) is 0 Å². The molecule has 32 heavy (non-hydrogen) atoms. The molecule has 0 unspecified atom stereocenters. The lowest BCUT2D eigenvalue weighted by atomic mass is 9.89. The van der Waals surface area contributed by atoms with Crippen molar-refractivity contribution in [1.82, 2.24) is 5.32 Å². The van der Waals surface area contributed by atoms with Crippen LogP contribution in [0.15, 0.2) is 23.8 Å². The number of hydrogen-bond donors (Lipinski definition) is 2. The molecule has 0 saturated heterocycles. The van der Waals surface area contributed by atoms with Crippen LogP contribution >= 0.6 is 0 Å². The van der Waals surface area contributed by atoms with Gasteiger partial charge in [-0.05, 0) is 63.7 Å². The first-order chi connectivity index (χ1) is 15.6. The van der Waals surface area contributed by atoms with Gasteiger partial charge < -0.3 is 10.4 Å². The van der Waals surface area contributed by atoms with Crippen LogP contribution in [0.5, 0.6) is 0 Å². The average Bonchev–Trinajstić information content (AvgIpc) is 3.15. The van der Waals surface area contributed by atoms with Gasteiger partial charge in [-0.2, -0.15) is 0 Å². The lowest BCUT2D eigenvalue weighted by Gasteiger charge is -2.15. The van der Waals surface area contributed by atoms with Gasteiger partial charge in [0.25, 0.3) is 0 Å². The number of Topliss-reactive ketones (excluding diaryl/α,β-unsaturated/α-hetero) is 1. The number of nitrogens with one attached hydrogen (secondary N) is 1. The summed E-state index contributed by atoms with van der Waals surface area (Å²) in [7, 11) is 0. The van der Waals surface area contributed by atoms with Crippen LogP contribution in [0.3, 0.4) is 0 Å². The molecule has 0 spiro atoms. The Kier molecular flexibility index (Phi) is 13.6. The lowest BCUT2D eigenvalue weighted by Crippen LogP contribution is -2.24. The lowest BCUT2D eigenvalue weighted by molar-refractivity contribution is -0.121. The Balaban J connectivity index is 1.53. The molecule has 1 saturated carbocycles. The molecule has 4 nitrogen and oxygen atoms in total. The molecule has 0 aromatic heterocycles. The van der Waals surface area contributed by atoms with E-state index in [0.29, 0.717) is 24.5 Å². The van der Waals surface area contributed by atoms with Crippen LogP contribution < -0.4 is 5.32 Å². The highest BCUT2D eigenvalue weighted by Gasteiger charge is 2.32. The number of aliphatic hydroxyl groups excluding tert-OH is 1. The molecular weight excluding hydrogens is 398 g/mol. The SMILES string of the molecule is CCCCC[C@@H](O)/C=C/[C@H]1CCC(=O)[C@@H]1CCCCCCC(=O)NCCC1=CCCCC1. The monoisotopic (exact) mass is 445 g/mol. The number of aliphatic hydroxyl groups is 1. The molecule has 1 amide bonds. The number of hydrogen-bond acceptors (Lipinski definition) is 3. The Labute approximate surface area is 196 Å². The van der Waals surface area contributed by atoms with Gasteiger partial charge in [0.2, 0.25) is 5.91 Å². The minimum atomic E-state index is -0.372. The predicted octanol–water partition coefficient (Wildman–Crippen LogP) is 6.43. The minimum Gasteiger partial charge on any atom is -0.389 e. The summed E-state index contributed by atoms with van der Waals surface area (Å²) in [6, 6.07) is 0. The Hall–Kier alpha value is -1.42. The summed E-state index contributed by atoms with van der Waals surface area (Å²) in [5, 5.41) is 13.2. The van der Waals surface area contributed by atoms with Crippen molar-refractivity contribution in [1.29, 1.82) is 0 Å². The molecule has 0 aromatic rings. The summed E-state index contributed by atoms with van der Waals surface area (Å²) in [6.07, 6.45) is 23.5. The Morgan fingerprint density at radius 1 is 1.16 bits per heavy atom. The summed E-state index contributed by atoms with van der Waals surface area (Å²) >= 11 is 0. The molecule has 2 aliphatic carbocycles. The maximum Gasteiger partial charge on any atom is 0.220 e. The number of rotatable bonds is 16. The van der Waals surface area contributed by atoms with E-state index >= 15 is 0 Å². The topological polar surface area (TPSA) is 66.4 Å². The third-order valence-electron chi connectivity index (χ3n) is 7.16. The van der Waals surface area contributed by atoms with Crippen molar-refractivity contribution in [2.75, 3.05) is 6.54 Å². The van der Waals surface area contributed by atoms with E-state index in [0.717, 1.165) is 70.8 Å². The van der Waals surface area contributed by atoms with Crippen molar-refractivity contribution in [2.45, 2.75) is 122 Å². The fraction of sp³-hybridized carbons (Fsp3) is 0.786. The first kappa shape index (κ1) is 26.8. The second kappa shape index (κ2) is 16.2. The number of amides is 1. The molecule has 0 bridgehead atoms. The summed E-state index contributed by atoms with van der Waals surface area (Å²) in [5.74, 6) is 1.00. The smallest absolute Gasteiger partial charge is 0.220 e. The normalized spacial score (nSPS) is 22.3. The van der Waals surface area contributed by atoms with E-state index in [1.165, 1.54) is 37.7 Å². The third-order valence-corrected chi connectivity index (χ3v) is 7.16. The van der Waals surface area contributed by atoms with Crippen molar-refractivity contribution in [3.8, 4) is 0 Å². The van der Waals surface area contributed by atoms with Crippen molar-refractivity contribution in [3.63, 3.8) is 0 Å². The van der Waals surface area contributed by atoms with Crippen molar-refractivity contribution in [2.24, 2.45) is 11.8 Å². The van der Waals surface area contributed by atoms with Gasteiger partial charge in [0.15, 0.2) is 0 Å². The summed E-state index contributed by atoms with van der Waals surface area (Å²) in [5.41, 5.74) is 1.51. The summed E-state index contributed by atoms with van der Waals surface area (Å²) in [4.78, 5) is 24.3. The van der Waals surface area contributed by atoms with Gasteiger partial charge >= 0.3 is 0 Å². The van der Waals surface area contributed by atoms with Crippen LogP contribution in [-0.2, 0) is 9.59 Å². The van der Waals surface area contributed by atoms with Gasteiger partial charge in [-0.1, -0.05) is 69.2 Å². The zero-order valence-electron chi connectivity index (χ0n) is 20.5. The molecule has 0 heterocycles. The largest absolute Gasteiger partial charge is 0.389 e. The number of ketones is 1. The highest BCUT2D eigenvalue weighted by Crippen LogP contribution is 2.34. The minimum absolute atomic E-state index is 0.131. The van der Waals surface area contributed by atoms with Crippen LogP contribution in [0, 0.1) is 11.8 Å². The molecule has 0 aromatic carbocycles.